The van der Waals surface area contributed by atoms with Crippen LogP contribution in [0.25, 0.3) is 22.5 Å². The molecule has 0 aliphatic carbocycles. The first-order valence-electron chi connectivity index (χ1n) is 14.3. The Bertz CT molecular complexity index is 1100. The van der Waals surface area contributed by atoms with E-state index >= 15 is 0 Å². The Hall–Kier alpha value is -2.71. The van der Waals surface area contributed by atoms with Crippen LogP contribution in [0.1, 0.15) is 38.5 Å². The van der Waals surface area contributed by atoms with Gasteiger partial charge < -0.3 is 20.0 Å². The van der Waals surface area contributed by atoms with Crippen molar-refractivity contribution in [1.29, 1.82) is 0 Å². The van der Waals surface area contributed by atoms with Crippen molar-refractivity contribution in [3.8, 4) is 22.5 Å². The van der Waals surface area contributed by atoms with Crippen molar-refractivity contribution in [2.24, 2.45) is 0 Å². The number of nitrogens with zero attached hydrogens (tertiary/aromatic N) is 4. The number of benzene rings is 2. The average molecular weight is 519 g/mol. The summed E-state index contributed by atoms with van der Waals surface area (Å²) in [7, 11) is 0. The predicted molar refractivity (Wildman–Crippen MR) is 152 cm³/mol. The Morgan fingerprint density at radius 2 is 0.921 bits per heavy atom. The van der Waals surface area contributed by atoms with Crippen LogP contribution < -0.4 is 5.69 Å². The first-order chi connectivity index (χ1) is 18.6. The molecule has 0 saturated carbocycles. The van der Waals surface area contributed by atoms with Crippen LogP contribution in [-0.4, -0.2) is 80.6 Å². The Balaban J connectivity index is 1.53. The van der Waals surface area contributed by atoms with E-state index in [4.69, 9.17) is 0 Å². The molecule has 3 heterocycles. The summed E-state index contributed by atoms with van der Waals surface area (Å²) in [6.07, 6.45) is 5.80. The molecule has 2 aliphatic heterocycles. The molecule has 2 aromatic carbocycles. The van der Waals surface area contributed by atoms with Crippen LogP contribution >= 0.6 is 0 Å². The molecule has 204 valence electrons. The number of piperidine rings is 2. The van der Waals surface area contributed by atoms with Crippen molar-refractivity contribution in [3.05, 3.63) is 71.1 Å². The maximum atomic E-state index is 14.1. The van der Waals surface area contributed by atoms with Crippen LogP contribution in [0.4, 0.5) is 0 Å². The number of hydrogen-bond donors (Lipinski definition) is 2. The van der Waals surface area contributed by atoms with E-state index < -0.39 is 12.2 Å². The van der Waals surface area contributed by atoms with E-state index in [0.29, 0.717) is 13.1 Å². The topological polar surface area (TPSA) is 73.9 Å². The molecule has 1 aromatic heterocycles. The van der Waals surface area contributed by atoms with E-state index in [1.165, 1.54) is 12.8 Å². The minimum Gasteiger partial charge on any atom is -0.390 e. The van der Waals surface area contributed by atoms with Crippen LogP contribution in [0.2, 0.25) is 0 Å². The smallest absolute Gasteiger partial charge is 0.329 e. The number of imidazole rings is 1. The molecule has 3 aromatic rings. The van der Waals surface area contributed by atoms with Gasteiger partial charge in [-0.05, 0) is 51.9 Å². The molecular weight excluding hydrogens is 476 g/mol. The Morgan fingerprint density at radius 1 is 0.553 bits per heavy atom. The molecular formula is C31H42N4O3. The summed E-state index contributed by atoms with van der Waals surface area (Å²) in [5.41, 5.74) is 3.27. The molecule has 0 radical (unpaired) electrons. The molecule has 2 saturated heterocycles. The highest BCUT2D eigenvalue weighted by Crippen LogP contribution is 2.32. The zero-order valence-corrected chi connectivity index (χ0v) is 22.4. The van der Waals surface area contributed by atoms with E-state index in [-0.39, 0.29) is 18.8 Å². The van der Waals surface area contributed by atoms with Gasteiger partial charge in [-0.1, -0.05) is 73.5 Å². The number of β-amino-alcohol motifs (C(OH)–C–C–N with tert-alkyl or cyclic N) is 2. The van der Waals surface area contributed by atoms with Gasteiger partial charge in [-0.15, -0.1) is 0 Å². The predicted octanol–water partition coefficient (Wildman–Crippen LogP) is 3.68. The van der Waals surface area contributed by atoms with Crippen LogP contribution in [0.5, 0.6) is 0 Å². The standard InChI is InChI=1S/C31H42N4O3/c36-27(21-32-17-9-3-10-18-32)23-34-29(25-13-5-1-6-14-25)30(26-15-7-2-8-16-26)35(31(34)38)24-28(37)22-33-19-11-4-12-20-33/h1-2,5-8,13-16,27-28,36-37H,3-4,9-12,17-24H2. The second kappa shape index (κ2) is 12.9. The third-order valence-electron chi connectivity index (χ3n) is 7.94. The van der Waals surface area contributed by atoms with Crippen LogP contribution in [-0.2, 0) is 13.1 Å². The normalized spacial score (nSPS) is 18.9. The Morgan fingerprint density at radius 3 is 1.29 bits per heavy atom. The lowest BCUT2D eigenvalue weighted by Crippen LogP contribution is -2.41. The first-order valence-corrected chi connectivity index (χ1v) is 14.3. The van der Waals surface area contributed by atoms with E-state index in [2.05, 4.69) is 9.80 Å². The third-order valence-corrected chi connectivity index (χ3v) is 7.94. The van der Waals surface area contributed by atoms with Crippen molar-refractivity contribution in [3.63, 3.8) is 0 Å². The summed E-state index contributed by atoms with van der Waals surface area (Å²) >= 11 is 0. The molecule has 2 unspecified atom stereocenters. The van der Waals surface area contributed by atoms with E-state index in [0.717, 1.165) is 74.4 Å². The SMILES string of the molecule is O=c1n(CC(O)CN2CCCCC2)c(-c2ccccc2)c(-c2ccccc2)n1CC(O)CN1CCCCC1. The number of aliphatic hydroxyl groups is 2. The van der Waals surface area contributed by atoms with Gasteiger partial charge in [0.05, 0.1) is 36.7 Å². The van der Waals surface area contributed by atoms with E-state index in [1.807, 2.05) is 60.7 Å². The van der Waals surface area contributed by atoms with Crippen LogP contribution in [0.15, 0.2) is 65.5 Å². The first kappa shape index (κ1) is 26.9. The number of aromatic nitrogens is 2. The monoisotopic (exact) mass is 518 g/mol. The molecule has 2 N–H and O–H groups in total. The quantitative estimate of drug-likeness (QED) is 0.428. The molecule has 0 spiro atoms. The molecule has 7 nitrogen and oxygen atoms in total. The molecule has 38 heavy (non-hydrogen) atoms. The fraction of sp³-hybridized carbons (Fsp3) is 0.516. The number of aliphatic hydroxyl groups excluding tert-OH is 2. The Labute approximate surface area is 225 Å². The lowest BCUT2D eigenvalue weighted by atomic mass is 10.0. The van der Waals surface area contributed by atoms with Crippen molar-refractivity contribution in [1.82, 2.24) is 18.9 Å². The zero-order valence-electron chi connectivity index (χ0n) is 22.4. The summed E-state index contributed by atoms with van der Waals surface area (Å²) in [5, 5.41) is 22.3. The summed E-state index contributed by atoms with van der Waals surface area (Å²) in [6.45, 7) is 5.54. The van der Waals surface area contributed by atoms with E-state index in [9.17, 15) is 15.0 Å². The van der Waals surface area contributed by atoms with E-state index in [1.54, 1.807) is 9.13 Å². The molecule has 2 atom stereocenters. The van der Waals surface area contributed by atoms with Gasteiger partial charge in [-0.25, -0.2) is 4.79 Å². The van der Waals surface area contributed by atoms with Gasteiger partial charge in [0.2, 0.25) is 0 Å². The third kappa shape index (κ3) is 6.46. The lowest BCUT2D eigenvalue weighted by Gasteiger charge is -2.28. The van der Waals surface area contributed by atoms with Crippen molar-refractivity contribution >= 4 is 0 Å². The molecule has 0 amide bonds. The second-order valence-corrected chi connectivity index (χ2v) is 11.0. The van der Waals surface area contributed by atoms with Crippen LogP contribution in [0.3, 0.4) is 0 Å². The fourth-order valence-corrected chi connectivity index (χ4v) is 6.13. The maximum absolute atomic E-state index is 14.1. The summed E-state index contributed by atoms with van der Waals surface area (Å²) in [6, 6.07) is 19.9. The summed E-state index contributed by atoms with van der Waals surface area (Å²) < 4.78 is 3.47. The number of hydrogen-bond acceptors (Lipinski definition) is 5. The minimum atomic E-state index is -0.661. The second-order valence-electron chi connectivity index (χ2n) is 11.0. The molecule has 2 fully saturated rings. The van der Waals surface area contributed by atoms with Gasteiger partial charge in [-0.2, -0.15) is 0 Å². The van der Waals surface area contributed by atoms with Gasteiger partial charge in [0.1, 0.15) is 0 Å². The number of rotatable bonds is 10. The zero-order chi connectivity index (χ0) is 26.3. The minimum absolute atomic E-state index is 0.182. The van der Waals surface area contributed by atoms with Gasteiger partial charge in [-0.3, -0.25) is 9.13 Å². The van der Waals surface area contributed by atoms with Gasteiger partial charge >= 0.3 is 5.69 Å². The van der Waals surface area contributed by atoms with Gasteiger partial charge in [0.25, 0.3) is 0 Å². The highest BCUT2D eigenvalue weighted by atomic mass is 16.3. The lowest BCUT2D eigenvalue weighted by molar-refractivity contribution is 0.0843. The Kier molecular flexibility index (Phi) is 9.12. The highest BCUT2D eigenvalue weighted by molar-refractivity contribution is 5.79. The summed E-state index contributed by atoms with van der Waals surface area (Å²) in [4.78, 5) is 18.7. The van der Waals surface area contributed by atoms with Crippen molar-refractivity contribution < 1.29 is 10.2 Å². The summed E-state index contributed by atoms with van der Waals surface area (Å²) in [5.74, 6) is 0. The maximum Gasteiger partial charge on any atom is 0.329 e. The number of likely N-dealkylation sites (tertiary alicyclic amines) is 2. The molecule has 5 rings (SSSR count). The van der Waals surface area contributed by atoms with Gasteiger partial charge in [0.15, 0.2) is 0 Å². The average Bonchev–Trinajstić information content (AvgIpc) is 3.21. The largest absolute Gasteiger partial charge is 0.390 e. The van der Waals surface area contributed by atoms with Crippen molar-refractivity contribution in [2.75, 3.05) is 39.3 Å². The van der Waals surface area contributed by atoms with Crippen molar-refractivity contribution in [2.45, 2.75) is 63.8 Å². The molecule has 2 aliphatic rings. The molecule has 7 heteroatoms. The molecule has 0 bridgehead atoms. The van der Waals surface area contributed by atoms with Gasteiger partial charge in [0, 0.05) is 24.2 Å². The fourth-order valence-electron chi connectivity index (χ4n) is 6.13. The van der Waals surface area contributed by atoms with Crippen LogP contribution in [0, 0.1) is 0 Å². The highest BCUT2D eigenvalue weighted by Gasteiger charge is 2.26.